The predicted octanol–water partition coefficient (Wildman–Crippen LogP) is 3.46. The van der Waals surface area contributed by atoms with Crippen molar-refractivity contribution in [2.45, 2.75) is 31.2 Å². The monoisotopic (exact) mass is 394 g/mol. The lowest BCUT2D eigenvalue weighted by atomic mass is 9.98. The van der Waals surface area contributed by atoms with Crippen LogP contribution >= 0.6 is 0 Å². The lowest BCUT2D eigenvalue weighted by Crippen LogP contribution is -2.48. The summed E-state index contributed by atoms with van der Waals surface area (Å²) in [5.74, 6) is -0.747. The topological polar surface area (TPSA) is 78.9 Å². The highest BCUT2D eigenvalue weighted by atomic mass is 16.5. The molecule has 0 radical (unpaired) electrons. The van der Waals surface area contributed by atoms with E-state index in [-0.39, 0.29) is 18.4 Å². The normalized spacial score (nSPS) is 18.7. The van der Waals surface area contributed by atoms with Crippen LogP contribution in [0.25, 0.3) is 11.1 Å². The van der Waals surface area contributed by atoms with Gasteiger partial charge in [0.05, 0.1) is 6.42 Å². The molecule has 1 unspecified atom stereocenters. The number of piperidine rings is 1. The first-order valence-electron chi connectivity index (χ1n) is 10.2. The van der Waals surface area contributed by atoms with E-state index in [2.05, 4.69) is 34.5 Å². The zero-order chi connectivity index (χ0) is 20.2. The highest BCUT2D eigenvalue weighted by molar-refractivity contribution is 5.79. The van der Waals surface area contributed by atoms with Crippen LogP contribution in [0.2, 0.25) is 0 Å². The number of ether oxygens (including phenoxy) is 1. The molecule has 29 heavy (non-hydrogen) atoms. The predicted molar refractivity (Wildman–Crippen MR) is 110 cm³/mol. The van der Waals surface area contributed by atoms with Crippen LogP contribution in [0.5, 0.6) is 0 Å². The number of carboxylic acid groups (broad SMARTS) is 1. The first-order valence-corrected chi connectivity index (χ1v) is 10.2. The van der Waals surface area contributed by atoms with Gasteiger partial charge in [-0.05, 0) is 41.6 Å². The molecule has 4 rings (SSSR count). The van der Waals surface area contributed by atoms with E-state index >= 15 is 0 Å². The Bertz CT molecular complexity index is 852. The van der Waals surface area contributed by atoms with Crippen LogP contribution in [-0.2, 0) is 9.53 Å². The van der Waals surface area contributed by atoms with Crippen molar-refractivity contribution in [2.75, 3.05) is 26.2 Å². The molecule has 1 aliphatic carbocycles. The van der Waals surface area contributed by atoms with Crippen molar-refractivity contribution in [2.24, 2.45) is 0 Å². The third-order valence-electron chi connectivity index (χ3n) is 5.81. The Hall–Kier alpha value is -2.86. The van der Waals surface area contributed by atoms with Crippen LogP contribution in [0.15, 0.2) is 48.5 Å². The van der Waals surface area contributed by atoms with Crippen LogP contribution in [0.4, 0.5) is 4.79 Å². The van der Waals surface area contributed by atoms with Gasteiger partial charge < -0.3 is 20.1 Å². The van der Waals surface area contributed by atoms with Crippen molar-refractivity contribution in [3.05, 3.63) is 59.7 Å². The first-order chi connectivity index (χ1) is 14.1. The maximum Gasteiger partial charge on any atom is 0.407 e. The van der Waals surface area contributed by atoms with Crippen molar-refractivity contribution < 1.29 is 19.4 Å². The molecule has 1 aliphatic heterocycles. The second-order valence-electron chi connectivity index (χ2n) is 7.75. The molecule has 1 fully saturated rings. The minimum Gasteiger partial charge on any atom is -0.481 e. The number of amides is 1. The van der Waals surface area contributed by atoms with E-state index in [9.17, 15) is 9.59 Å². The van der Waals surface area contributed by atoms with Crippen molar-refractivity contribution in [3.63, 3.8) is 0 Å². The van der Waals surface area contributed by atoms with Gasteiger partial charge in [-0.15, -0.1) is 0 Å². The number of hydrogen-bond acceptors (Lipinski definition) is 4. The summed E-state index contributed by atoms with van der Waals surface area (Å²) in [6.45, 7) is 2.35. The quantitative estimate of drug-likeness (QED) is 0.784. The number of nitrogens with zero attached hydrogens (tertiary/aromatic N) is 1. The summed E-state index contributed by atoms with van der Waals surface area (Å²) in [7, 11) is 0. The van der Waals surface area contributed by atoms with Gasteiger partial charge in [0.1, 0.15) is 6.61 Å². The second-order valence-corrected chi connectivity index (χ2v) is 7.75. The fourth-order valence-electron chi connectivity index (χ4n) is 4.44. The van der Waals surface area contributed by atoms with Gasteiger partial charge in [0.25, 0.3) is 0 Å². The first kappa shape index (κ1) is 19.5. The zero-order valence-electron chi connectivity index (χ0n) is 16.3. The van der Waals surface area contributed by atoms with Crippen LogP contribution in [0.3, 0.4) is 0 Å². The van der Waals surface area contributed by atoms with Crippen molar-refractivity contribution in [3.8, 4) is 11.1 Å². The Morgan fingerprint density at radius 1 is 1.07 bits per heavy atom. The molecule has 6 heteroatoms. The Labute approximate surface area is 170 Å². The Morgan fingerprint density at radius 2 is 1.72 bits per heavy atom. The van der Waals surface area contributed by atoms with E-state index in [1.165, 1.54) is 22.3 Å². The molecule has 0 bridgehead atoms. The number of hydrogen-bond donors (Lipinski definition) is 2. The van der Waals surface area contributed by atoms with Crippen LogP contribution in [0, 0.1) is 0 Å². The highest BCUT2D eigenvalue weighted by Crippen LogP contribution is 2.44. The molecule has 1 amide bonds. The molecular formula is C23H26N2O4. The minimum absolute atomic E-state index is 0.00630. The SMILES string of the molecule is O=C(O)CCN1CCCC(NC(=O)OCC2c3ccccc3-c3ccccc32)C1. The van der Waals surface area contributed by atoms with E-state index in [1.54, 1.807) is 0 Å². The molecule has 0 saturated carbocycles. The number of carbonyl (C=O) groups is 2. The fraction of sp³-hybridized carbons (Fsp3) is 0.391. The lowest BCUT2D eigenvalue weighted by Gasteiger charge is -2.32. The number of rotatable bonds is 6. The third kappa shape index (κ3) is 4.43. The van der Waals surface area contributed by atoms with Gasteiger partial charge >= 0.3 is 12.1 Å². The van der Waals surface area contributed by atoms with Crippen LogP contribution in [0.1, 0.15) is 36.3 Å². The van der Waals surface area contributed by atoms with Crippen LogP contribution < -0.4 is 5.32 Å². The van der Waals surface area contributed by atoms with E-state index < -0.39 is 12.1 Å². The van der Waals surface area contributed by atoms with Gasteiger partial charge in [0.15, 0.2) is 0 Å². The Balaban J connectivity index is 1.34. The van der Waals surface area contributed by atoms with E-state index in [0.717, 1.165) is 19.4 Å². The molecule has 0 aromatic heterocycles. The molecular weight excluding hydrogens is 368 g/mol. The van der Waals surface area contributed by atoms with Gasteiger partial charge in [0.2, 0.25) is 0 Å². The van der Waals surface area contributed by atoms with Crippen LogP contribution in [-0.4, -0.2) is 54.4 Å². The highest BCUT2D eigenvalue weighted by Gasteiger charge is 2.29. The standard InChI is InChI=1S/C23H26N2O4/c26-22(27)11-13-25-12-5-6-16(14-25)24-23(28)29-15-21-19-9-3-1-7-17(19)18-8-2-4-10-20(18)21/h1-4,7-10,16,21H,5-6,11-15H2,(H,24,28)(H,26,27). The van der Waals surface area contributed by atoms with Gasteiger partial charge in [-0.1, -0.05) is 48.5 Å². The summed E-state index contributed by atoms with van der Waals surface area (Å²) in [5, 5.41) is 11.8. The number of carbonyl (C=O) groups excluding carboxylic acids is 1. The molecule has 1 atom stereocenters. The van der Waals surface area contributed by atoms with E-state index in [0.29, 0.717) is 19.7 Å². The maximum atomic E-state index is 12.4. The number of likely N-dealkylation sites (tertiary alicyclic amines) is 1. The smallest absolute Gasteiger partial charge is 0.407 e. The molecule has 152 valence electrons. The number of carboxylic acids is 1. The Morgan fingerprint density at radius 3 is 2.38 bits per heavy atom. The fourth-order valence-corrected chi connectivity index (χ4v) is 4.44. The number of benzene rings is 2. The molecule has 2 aromatic carbocycles. The molecule has 1 saturated heterocycles. The molecule has 0 spiro atoms. The summed E-state index contributed by atoms with van der Waals surface area (Å²) >= 11 is 0. The van der Waals surface area contributed by atoms with E-state index in [1.807, 2.05) is 24.3 Å². The molecule has 1 heterocycles. The van der Waals surface area contributed by atoms with Crippen molar-refractivity contribution in [1.82, 2.24) is 10.2 Å². The summed E-state index contributed by atoms with van der Waals surface area (Å²) < 4.78 is 5.61. The number of fused-ring (bicyclic) bond motifs is 3. The minimum atomic E-state index is -0.795. The zero-order valence-corrected chi connectivity index (χ0v) is 16.3. The molecule has 2 aliphatic rings. The summed E-state index contributed by atoms with van der Waals surface area (Å²) in [6, 6.07) is 16.5. The largest absolute Gasteiger partial charge is 0.481 e. The number of nitrogens with one attached hydrogen (secondary N) is 1. The molecule has 2 aromatic rings. The van der Waals surface area contributed by atoms with Gasteiger partial charge in [-0.2, -0.15) is 0 Å². The van der Waals surface area contributed by atoms with Gasteiger partial charge in [-0.25, -0.2) is 4.79 Å². The third-order valence-corrected chi connectivity index (χ3v) is 5.81. The molecule has 6 nitrogen and oxygen atoms in total. The molecule has 2 N–H and O–H groups in total. The van der Waals surface area contributed by atoms with E-state index in [4.69, 9.17) is 9.84 Å². The lowest BCUT2D eigenvalue weighted by molar-refractivity contribution is -0.137. The van der Waals surface area contributed by atoms with Crippen molar-refractivity contribution in [1.29, 1.82) is 0 Å². The maximum absolute atomic E-state index is 12.4. The average Bonchev–Trinajstić information content (AvgIpc) is 3.05. The Kier molecular flexibility index (Phi) is 5.81. The number of aliphatic carboxylic acids is 1. The summed E-state index contributed by atoms with van der Waals surface area (Å²) in [4.78, 5) is 25.3. The second kappa shape index (κ2) is 8.66. The van der Waals surface area contributed by atoms with Gasteiger partial charge in [0, 0.05) is 25.0 Å². The van der Waals surface area contributed by atoms with Crippen molar-refractivity contribution >= 4 is 12.1 Å². The average molecular weight is 394 g/mol. The number of alkyl carbamates (subject to hydrolysis) is 1. The summed E-state index contributed by atoms with van der Waals surface area (Å²) in [5.41, 5.74) is 4.80. The van der Waals surface area contributed by atoms with Gasteiger partial charge in [-0.3, -0.25) is 4.79 Å². The summed E-state index contributed by atoms with van der Waals surface area (Å²) in [6.07, 6.45) is 1.54.